The average molecular weight is 329 g/mol. The summed E-state index contributed by atoms with van der Waals surface area (Å²) in [4.78, 5) is 13.2. The van der Waals surface area contributed by atoms with E-state index in [1.807, 2.05) is 43.0 Å². The van der Waals surface area contributed by atoms with Gasteiger partial charge in [0.1, 0.15) is 17.7 Å². The first-order valence-electron chi connectivity index (χ1n) is 8.54. The Morgan fingerprint density at radius 3 is 2.54 bits per heavy atom. The fraction of sp³-hybridized carbons (Fsp3) is 0.556. The molecule has 1 atom stereocenters. The summed E-state index contributed by atoms with van der Waals surface area (Å²) in [5.41, 5.74) is 1.24. The average Bonchev–Trinajstić information content (AvgIpc) is 3.01. The van der Waals surface area contributed by atoms with Gasteiger partial charge in [-0.25, -0.2) is 9.97 Å². The van der Waals surface area contributed by atoms with Gasteiger partial charge < -0.3 is 14.6 Å². The molecule has 1 aliphatic rings. The van der Waals surface area contributed by atoms with Crippen molar-refractivity contribution < 1.29 is 5.11 Å². The SMILES string of the molecule is CN(C)c1ccc(CN2CCC([C@@H](O)c3nccn3C)CC2)cn1. The lowest BCUT2D eigenvalue weighted by atomic mass is 9.90. The van der Waals surface area contributed by atoms with Crippen LogP contribution in [0.4, 0.5) is 5.82 Å². The Bertz CT molecular complexity index is 644. The number of aryl methyl sites for hydroxylation is 1. The van der Waals surface area contributed by atoms with Gasteiger partial charge in [-0.05, 0) is 43.5 Å². The maximum Gasteiger partial charge on any atom is 0.137 e. The number of aromatic nitrogens is 3. The van der Waals surface area contributed by atoms with Gasteiger partial charge >= 0.3 is 0 Å². The fourth-order valence-corrected chi connectivity index (χ4v) is 3.33. The van der Waals surface area contributed by atoms with Crippen LogP contribution in [0.1, 0.15) is 30.3 Å². The maximum atomic E-state index is 10.6. The minimum absolute atomic E-state index is 0.289. The van der Waals surface area contributed by atoms with E-state index in [0.29, 0.717) is 0 Å². The topological polar surface area (TPSA) is 57.4 Å². The second-order valence-corrected chi connectivity index (χ2v) is 6.87. The molecule has 0 amide bonds. The Morgan fingerprint density at radius 1 is 1.25 bits per heavy atom. The molecule has 1 N–H and O–H groups in total. The Labute approximate surface area is 143 Å². The van der Waals surface area contributed by atoms with E-state index < -0.39 is 6.10 Å². The molecule has 2 aromatic rings. The molecule has 0 saturated carbocycles. The van der Waals surface area contributed by atoms with Crippen LogP contribution in [0.2, 0.25) is 0 Å². The van der Waals surface area contributed by atoms with Crippen molar-refractivity contribution in [2.45, 2.75) is 25.5 Å². The molecule has 3 rings (SSSR count). The van der Waals surface area contributed by atoms with Gasteiger partial charge in [-0.2, -0.15) is 0 Å². The van der Waals surface area contributed by atoms with Gasteiger partial charge in [0.2, 0.25) is 0 Å². The molecular weight excluding hydrogens is 302 g/mol. The number of anilines is 1. The monoisotopic (exact) mass is 329 g/mol. The van der Waals surface area contributed by atoms with Crippen LogP contribution < -0.4 is 4.90 Å². The summed E-state index contributed by atoms with van der Waals surface area (Å²) in [6.07, 6.45) is 7.13. The molecule has 0 aromatic carbocycles. The molecule has 0 unspecified atom stereocenters. The second-order valence-electron chi connectivity index (χ2n) is 6.87. The second kappa shape index (κ2) is 7.32. The highest BCUT2D eigenvalue weighted by molar-refractivity contribution is 5.37. The molecule has 0 bridgehead atoms. The molecule has 1 aliphatic heterocycles. The molecule has 0 radical (unpaired) electrons. The summed E-state index contributed by atoms with van der Waals surface area (Å²) in [5.74, 6) is 2.05. The van der Waals surface area contributed by atoms with Gasteiger partial charge in [0.15, 0.2) is 0 Å². The van der Waals surface area contributed by atoms with Gasteiger partial charge in [-0.1, -0.05) is 6.07 Å². The van der Waals surface area contributed by atoms with E-state index >= 15 is 0 Å². The van der Waals surface area contributed by atoms with E-state index in [4.69, 9.17) is 0 Å². The van der Waals surface area contributed by atoms with Gasteiger partial charge in [-0.3, -0.25) is 4.90 Å². The highest BCUT2D eigenvalue weighted by atomic mass is 16.3. The predicted octanol–water partition coefficient (Wildman–Crippen LogP) is 1.83. The number of pyridine rings is 1. The fourth-order valence-electron chi connectivity index (χ4n) is 3.33. The minimum atomic E-state index is -0.465. The summed E-state index contributed by atoms with van der Waals surface area (Å²) >= 11 is 0. The minimum Gasteiger partial charge on any atom is -0.385 e. The van der Waals surface area contributed by atoms with Gasteiger partial charge in [0.25, 0.3) is 0 Å². The van der Waals surface area contributed by atoms with Crippen molar-refractivity contribution in [3.8, 4) is 0 Å². The Hall–Kier alpha value is -1.92. The van der Waals surface area contributed by atoms with Crippen LogP contribution in [0.15, 0.2) is 30.7 Å². The smallest absolute Gasteiger partial charge is 0.137 e. The molecule has 6 heteroatoms. The first-order valence-corrected chi connectivity index (χ1v) is 8.54. The molecule has 0 spiro atoms. The van der Waals surface area contributed by atoms with Crippen LogP contribution in [-0.2, 0) is 13.6 Å². The van der Waals surface area contributed by atoms with Crippen molar-refractivity contribution in [1.29, 1.82) is 0 Å². The van der Waals surface area contributed by atoms with E-state index in [2.05, 4.69) is 27.0 Å². The van der Waals surface area contributed by atoms with Crippen molar-refractivity contribution in [2.24, 2.45) is 13.0 Å². The largest absolute Gasteiger partial charge is 0.385 e. The number of piperidine rings is 1. The van der Waals surface area contributed by atoms with Crippen LogP contribution in [0.25, 0.3) is 0 Å². The van der Waals surface area contributed by atoms with Crippen molar-refractivity contribution in [3.05, 3.63) is 42.1 Å². The van der Waals surface area contributed by atoms with Gasteiger partial charge in [-0.15, -0.1) is 0 Å². The summed E-state index contributed by atoms with van der Waals surface area (Å²) in [6, 6.07) is 4.21. The number of hydrogen-bond donors (Lipinski definition) is 1. The molecular formula is C18H27N5O. The normalized spacial score (nSPS) is 17.8. The summed E-state index contributed by atoms with van der Waals surface area (Å²) in [5, 5.41) is 10.6. The Morgan fingerprint density at radius 2 is 2.00 bits per heavy atom. The number of aliphatic hydroxyl groups is 1. The standard InChI is InChI=1S/C18H27N5O/c1-21(2)16-5-4-14(12-20-16)13-23-9-6-15(7-10-23)17(24)18-19-8-11-22(18)3/h4-5,8,11-12,15,17,24H,6-7,9-10,13H2,1-3H3/t17-/m1/s1. The van der Waals surface area contributed by atoms with Gasteiger partial charge in [0.05, 0.1) is 0 Å². The van der Waals surface area contributed by atoms with Crippen molar-refractivity contribution in [1.82, 2.24) is 19.4 Å². The third-order valence-corrected chi connectivity index (χ3v) is 4.88. The molecule has 2 aromatic heterocycles. The number of aliphatic hydroxyl groups excluding tert-OH is 1. The number of likely N-dealkylation sites (tertiary alicyclic amines) is 1. The Kier molecular flexibility index (Phi) is 5.16. The van der Waals surface area contributed by atoms with Crippen molar-refractivity contribution >= 4 is 5.82 Å². The van der Waals surface area contributed by atoms with E-state index in [9.17, 15) is 5.11 Å². The number of hydrogen-bond acceptors (Lipinski definition) is 5. The lowest BCUT2D eigenvalue weighted by Gasteiger charge is -2.34. The predicted molar refractivity (Wildman–Crippen MR) is 94.7 cm³/mol. The molecule has 6 nitrogen and oxygen atoms in total. The zero-order chi connectivity index (χ0) is 17.1. The summed E-state index contributed by atoms with van der Waals surface area (Å²) in [7, 11) is 5.93. The Balaban J connectivity index is 1.52. The molecule has 3 heterocycles. The molecule has 0 aliphatic carbocycles. The molecule has 1 saturated heterocycles. The van der Waals surface area contributed by atoms with Gasteiger partial charge in [0, 0.05) is 46.3 Å². The number of imidazole rings is 1. The summed E-state index contributed by atoms with van der Waals surface area (Å²) in [6.45, 7) is 2.93. The van der Waals surface area contributed by atoms with Crippen LogP contribution in [0, 0.1) is 5.92 Å². The first kappa shape index (κ1) is 16.9. The highest BCUT2D eigenvalue weighted by Gasteiger charge is 2.28. The number of rotatable bonds is 5. The molecule has 1 fully saturated rings. The van der Waals surface area contributed by atoms with Crippen molar-refractivity contribution in [2.75, 3.05) is 32.1 Å². The lowest BCUT2D eigenvalue weighted by molar-refractivity contribution is 0.0492. The molecule has 130 valence electrons. The van der Waals surface area contributed by atoms with Crippen LogP contribution in [0.3, 0.4) is 0 Å². The summed E-state index contributed by atoms with van der Waals surface area (Å²) < 4.78 is 1.91. The third kappa shape index (κ3) is 3.76. The van der Waals surface area contributed by atoms with E-state index in [1.54, 1.807) is 6.20 Å². The number of nitrogens with zero attached hydrogens (tertiary/aromatic N) is 5. The lowest BCUT2D eigenvalue weighted by Crippen LogP contribution is -2.35. The quantitative estimate of drug-likeness (QED) is 0.907. The van der Waals surface area contributed by atoms with E-state index in [1.165, 1.54) is 5.56 Å². The van der Waals surface area contributed by atoms with Crippen molar-refractivity contribution in [3.63, 3.8) is 0 Å². The molecule has 24 heavy (non-hydrogen) atoms. The van der Waals surface area contributed by atoms with Crippen LogP contribution in [0.5, 0.6) is 0 Å². The first-order chi connectivity index (χ1) is 11.5. The maximum absolute atomic E-state index is 10.6. The zero-order valence-corrected chi connectivity index (χ0v) is 14.8. The van der Waals surface area contributed by atoms with Crippen LogP contribution >= 0.6 is 0 Å². The van der Waals surface area contributed by atoms with Crippen LogP contribution in [-0.4, -0.2) is 51.7 Å². The zero-order valence-electron chi connectivity index (χ0n) is 14.8. The highest BCUT2D eigenvalue weighted by Crippen LogP contribution is 2.30. The van der Waals surface area contributed by atoms with E-state index in [-0.39, 0.29) is 5.92 Å². The van der Waals surface area contributed by atoms with E-state index in [0.717, 1.165) is 44.1 Å². The third-order valence-electron chi connectivity index (χ3n) is 4.88.